The number of anilines is 1. The first-order valence-electron chi connectivity index (χ1n) is 4.84. The number of ketones is 1. The second-order valence-electron chi connectivity index (χ2n) is 3.37. The molecule has 0 saturated heterocycles. The van der Waals surface area contributed by atoms with Crippen LogP contribution in [-0.4, -0.2) is 29.9 Å². The van der Waals surface area contributed by atoms with Crippen molar-refractivity contribution in [2.45, 2.75) is 12.5 Å². The number of hydrogen-bond acceptors (Lipinski definition) is 4. The highest BCUT2D eigenvalue weighted by atomic mass is 16.4. The maximum atomic E-state index is 11.8. The molecule has 0 unspecified atom stereocenters. The van der Waals surface area contributed by atoms with Crippen LogP contribution in [0.4, 0.5) is 5.69 Å². The van der Waals surface area contributed by atoms with E-state index in [-0.39, 0.29) is 12.2 Å². The molecule has 0 spiro atoms. The highest BCUT2D eigenvalue weighted by molar-refractivity contribution is 6.03. The number of Topliss-reactive ketones (excluding diaryl/α,β-unsaturated/α-hetero) is 1. The molecule has 1 atom stereocenters. The molecule has 5 nitrogen and oxygen atoms in total. The average molecular weight is 222 g/mol. The molecule has 1 rings (SSSR count). The smallest absolute Gasteiger partial charge is 0.320 e. The second-order valence-corrected chi connectivity index (χ2v) is 3.37. The van der Waals surface area contributed by atoms with Crippen molar-refractivity contribution in [2.24, 2.45) is 5.73 Å². The molecule has 0 bridgehead atoms. The van der Waals surface area contributed by atoms with Gasteiger partial charge in [-0.25, -0.2) is 0 Å². The lowest BCUT2D eigenvalue weighted by Gasteiger charge is -2.09. The topological polar surface area (TPSA) is 92.4 Å². The van der Waals surface area contributed by atoms with E-state index in [1.54, 1.807) is 31.3 Å². The van der Waals surface area contributed by atoms with Crippen LogP contribution >= 0.6 is 0 Å². The molecule has 0 fully saturated rings. The van der Waals surface area contributed by atoms with Crippen LogP contribution in [-0.2, 0) is 4.79 Å². The van der Waals surface area contributed by atoms with Crippen molar-refractivity contribution in [1.82, 2.24) is 0 Å². The molecule has 4 N–H and O–H groups in total. The van der Waals surface area contributed by atoms with E-state index < -0.39 is 12.0 Å². The van der Waals surface area contributed by atoms with Crippen LogP contribution in [0.3, 0.4) is 0 Å². The van der Waals surface area contributed by atoms with Gasteiger partial charge in [0.2, 0.25) is 0 Å². The quantitative estimate of drug-likeness (QED) is 0.638. The van der Waals surface area contributed by atoms with E-state index in [1.165, 1.54) is 0 Å². The molecule has 0 saturated carbocycles. The molecule has 0 aliphatic carbocycles. The van der Waals surface area contributed by atoms with Crippen molar-refractivity contribution in [3.63, 3.8) is 0 Å². The third kappa shape index (κ3) is 2.80. The van der Waals surface area contributed by atoms with Crippen molar-refractivity contribution in [3.8, 4) is 0 Å². The number of carboxylic acid groups (broad SMARTS) is 1. The number of benzene rings is 1. The van der Waals surface area contributed by atoms with Gasteiger partial charge in [-0.2, -0.15) is 0 Å². The molecule has 86 valence electrons. The summed E-state index contributed by atoms with van der Waals surface area (Å²) in [5.74, 6) is -1.45. The number of aliphatic carboxylic acids is 1. The van der Waals surface area contributed by atoms with Crippen molar-refractivity contribution in [2.75, 3.05) is 12.4 Å². The van der Waals surface area contributed by atoms with Crippen molar-refractivity contribution in [3.05, 3.63) is 29.8 Å². The fourth-order valence-corrected chi connectivity index (χ4v) is 1.34. The number of carboxylic acids is 1. The molecule has 0 aliphatic rings. The average Bonchev–Trinajstić information content (AvgIpc) is 2.28. The Morgan fingerprint density at radius 3 is 2.62 bits per heavy atom. The Bertz CT molecular complexity index is 404. The lowest BCUT2D eigenvalue weighted by molar-refractivity contribution is -0.138. The Morgan fingerprint density at radius 2 is 2.06 bits per heavy atom. The van der Waals surface area contributed by atoms with E-state index >= 15 is 0 Å². The van der Waals surface area contributed by atoms with Crippen LogP contribution in [0, 0.1) is 0 Å². The number of nitrogens with one attached hydrogen (secondary N) is 1. The highest BCUT2D eigenvalue weighted by Gasteiger charge is 2.18. The summed E-state index contributed by atoms with van der Waals surface area (Å²) in [6, 6.07) is 5.75. The molecular weight excluding hydrogens is 208 g/mol. The molecule has 5 heteroatoms. The Balaban J connectivity index is 2.84. The summed E-state index contributed by atoms with van der Waals surface area (Å²) in [5, 5.41) is 11.5. The largest absolute Gasteiger partial charge is 0.480 e. The zero-order chi connectivity index (χ0) is 12.1. The lowest BCUT2D eigenvalue weighted by Crippen LogP contribution is -2.32. The van der Waals surface area contributed by atoms with Gasteiger partial charge in [0.05, 0.1) is 0 Å². The van der Waals surface area contributed by atoms with E-state index in [4.69, 9.17) is 10.8 Å². The first-order chi connectivity index (χ1) is 7.56. The summed E-state index contributed by atoms with van der Waals surface area (Å²) in [6.45, 7) is 0. The molecule has 0 aromatic heterocycles. The zero-order valence-corrected chi connectivity index (χ0v) is 8.93. The highest BCUT2D eigenvalue weighted by Crippen LogP contribution is 2.16. The summed E-state index contributed by atoms with van der Waals surface area (Å²) >= 11 is 0. The van der Waals surface area contributed by atoms with Crippen LogP contribution in [0.1, 0.15) is 16.8 Å². The molecule has 0 heterocycles. The van der Waals surface area contributed by atoms with Gasteiger partial charge in [-0.05, 0) is 12.1 Å². The van der Waals surface area contributed by atoms with E-state index in [0.29, 0.717) is 11.3 Å². The molecule has 1 aromatic carbocycles. The van der Waals surface area contributed by atoms with Crippen molar-refractivity contribution < 1.29 is 14.7 Å². The summed E-state index contributed by atoms with van der Waals surface area (Å²) in [5.41, 5.74) is 6.44. The third-order valence-electron chi connectivity index (χ3n) is 2.22. The van der Waals surface area contributed by atoms with Crippen LogP contribution in [0.25, 0.3) is 0 Å². The molecule has 0 radical (unpaired) electrons. The monoisotopic (exact) mass is 222 g/mol. The van der Waals surface area contributed by atoms with E-state index in [9.17, 15) is 9.59 Å². The van der Waals surface area contributed by atoms with Gasteiger partial charge in [-0.3, -0.25) is 9.59 Å². The van der Waals surface area contributed by atoms with Gasteiger partial charge in [0, 0.05) is 24.7 Å². The number of para-hydroxylation sites is 1. The lowest BCUT2D eigenvalue weighted by atomic mass is 10.0. The van der Waals surface area contributed by atoms with Crippen LogP contribution < -0.4 is 11.1 Å². The predicted octanol–water partition coefficient (Wildman–Crippen LogP) is 0.713. The minimum absolute atomic E-state index is 0.200. The van der Waals surface area contributed by atoms with Gasteiger partial charge in [0.15, 0.2) is 5.78 Å². The Labute approximate surface area is 93.3 Å². The fraction of sp³-hybridized carbons (Fsp3) is 0.273. The summed E-state index contributed by atoms with van der Waals surface area (Å²) in [4.78, 5) is 22.3. The number of rotatable bonds is 5. The van der Waals surface area contributed by atoms with Crippen LogP contribution in [0.2, 0.25) is 0 Å². The Hall–Kier alpha value is -1.88. The maximum absolute atomic E-state index is 11.8. The molecular formula is C11H14N2O3. The molecule has 0 aliphatic heterocycles. The van der Waals surface area contributed by atoms with Gasteiger partial charge in [-0.1, -0.05) is 12.1 Å². The number of hydrogen-bond donors (Lipinski definition) is 3. The molecule has 1 aromatic rings. The Morgan fingerprint density at radius 1 is 1.44 bits per heavy atom. The first kappa shape index (κ1) is 12.2. The fourth-order valence-electron chi connectivity index (χ4n) is 1.34. The third-order valence-corrected chi connectivity index (χ3v) is 2.22. The van der Waals surface area contributed by atoms with Crippen LogP contribution in [0.5, 0.6) is 0 Å². The Kier molecular flexibility index (Phi) is 4.02. The summed E-state index contributed by atoms with van der Waals surface area (Å²) < 4.78 is 0. The zero-order valence-electron chi connectivity index (χ0n) is 8.93. The SMILES string of the molecule is CNc1ccccc1C(=O)C[C@H](N)C(=O)O. The van der Waals surface area contributed by atoms with Gasteiger partial charge in [0.25, 0.3) is 0 Å². The molecule has 16 heavy (non-hydrogen) atoms. The number of carbonyl (C=O) groups excluding carboxylic acids is 1. The van der Waals surface area contributed by atoms with Crippen LogP contribution in [0.15, 0.2) is 24.3 Å². The first-order valence-corrected chi connectivity index (χ1v) is 4.84. The van der Waals surface area contributed by atoms with Gasteiger partial charge in [0.1, 0.15) is 6.04 Å². The van der Waals surface area contributed by atoms with Gasteiger partial charge < -0.3 is 16.2 Å². The van der Waals surface area contributed by atoms with E-state index in [0.717, 1.165) is 0 Å². The second kappa shape index (κ2) is 5.27. The van der Waals surface area contributed by atoms with Gasteiger partial charge >= 0.3 is 5.97 Å². The van der Waals surface area contributed by atoms with Crippen molar-refractivity contribution >= 4 is 17.4 Å². The van der Waals surface area contributed by atoms with Gasteiger partial charge in [-0.15, -0.1) is 0 Å². The predicted molar refractivity (Wildman–Crippen MR) is 60.5 cm³/mol. The van der Waals surface area contributed by atoms with Crippen molar-refractivity contribution in [1.29, 1.82) is 0 Å². The van der Waals surface area contributed by atoms with E-state index in [1.807, 2.05) is 0 Å². The number of carbonyl (C=O) groups is 2. The normalized spacial score (nSPS) is 11.9. The minimum atomic E-state index is -1.17. The van der Waals surface area contributed by atoms with E-state index in [2.05, 4.69) is 5.32 Å². The maximum Gasteiger partial charge on any atom is 0.320 e. The standard InChI is InChI=1S/C11H14N2O3/c1-13-9-5-3-2-4-7(9)10(14)6-8(12)11(15)16/h2-5,8,13H,6,12H2,1H3,(H,15,16)/t8-/m0/s1. The summed E-state index contributed by atoms with van der Waals surface area (Å²) in [7, 11) is 1.70. The molecule has 0 amide bonds. The minimum Gasteiger partial charge on any atom is -0.480 e. The summed E-state index contributed by atoms with van der Waals surface area (Å²) in [6.07, 6.45) is -0.200. The number of nitrogens with two attached hydrogens (primary N) is 1.